The number of halogens is 1. The van der Waals surface area contributed by atoms with Gasteiger partial charge >= 0.3 is 0 Å². The fourth-order valence-corrected chi connectivity index (χ4v) is 2.65. The van der Waals surface area contributed by atoms with Gasteiger partial charge in [0.15, 0.2) is 5.82 Å². The van der Waals surface area contributed by atoms with Gasteiger partial charge < -0.3 is 15.5 Å². The Hall–Kier alpha value is -2.86. The molecular weight excluding hydrogens is 348 g/mol. The van der Waals surface area contributed by atoms with Crippen molar-refractivity contribution in [2.45, 2.75) is 6.42 Å². The topological polar surface area (TPSA) is 66.0 Å². The lowest BCUT2D eigenvalue weighted by atomic mass is 10.1. The first-order valence-corrected chi connectivity index (χ1v) is 8.70. The third kappa shape index (κ3) is 5.07. The van der Waals surface area contributed by atoms with Gasteiger partial charge in [0, 0.05) is 37.0 Å². The Morgan fingerprint density at radius 1 is 1.08 bits per heavy atom. The van der Waals surface area contributed by atoms with E-state index in [9.17, 15) is 0 Å². The second kappa shape index (κ2) is 8.49. The van der Waals surface area contributed by atoms with Crippen LogP contribution in [0.1, 0.15) is 5.56 Å². The van der Waals surface area contributed by atoms with E-state index < -0.39 is 0 Å². The van der Waals surface area contributed by atoms with Crippen molar-refractivity contribution in [2.24, 2.45) is 0 Å². The summed E-state index contributed by atoms with van der Waals surface area (Å²) < 4.78 is 0. The smallest absolute Gasteiger partial charge is 0.249 e. The summed E-state index contributed by atoms with van der Waals surface area (Å²) in [4.78, 5) is 6.49. The van der Waals surface area contributed by atoms with Crippen LogP contribution in [0.3, 0.4) is 0 Å². The van der Waals surface area contributed by atoms with Crippen LogP contribution in [-0.2, 0) is 6.42 Å². The van der Waals surface area contributed by atoms with Crippen molar-refractivity contribution in [1.82, 2.24) is 15.2 Å². The summed E-state index contributed by atoms with van der Waals surface area (Å²) in [5.41, 5.74) is 3.21. The summed E-state index contributed by atoms with van der Waals surface area (Å²) in [6.07, 6.45) is 2.46. The maximum Gasteiger partial charge on any atom is 0.249 e. The van der Waals surface area contributed by atoms with Gasteiger partial charge in [-0.2, -0.15) is 10.1 Å². The maximum absolute atomic E-state index is 6.00. The number of anilines is 4. The monoisotopic (exact) mass is 368 g/mol. The molecule has 2 aromatic carbocycles. The third-order valence-electron chi connectivity index (χ3n) is 3.81. The van der Waals surface area contributed by atoms with E-state index >= 15 is 0 Å². The summed E-state index contributed by atoms with van der Waals surface area (Å²) in [6, 6.07) is 15.9. The lowest BCUT2D eigenvalue weighted by Gasteiger charge is -2.13. The van der Waals surface area contributed by atoms with Gasteiger partial charge in [-0.15, -0.1) is 5.10 Å². The van der Waals surface area contributed by atoms with Crippen molar-refractivity contribution in [1.29, 1.82) is 0 Å². The number of benzene rings is 2. The van der Waals surface area contributed by atoms with Crippen LogP contribution in [0.2, 0.25) is 5.02 Å². The number of nitrogens with zero attached hydrogens (tertiary/aromatic N) is 4. The first-order valence-electron chi connectivity index (χ1n) is 8.32. The highest BCUT2D eigenvalue weighted by Gasteiger charge is 2.03. The molecule has 26 heavy (non-hydrogen) atoms. The summed E-state index contributed by atoms with van der Waals surface area (Å²) >= 11 is 6.00. The highest BCUT2D eigenvalue weighted by atomic mass is 35.5. The molecule has 2 N–H and O–H groups in total. The molecule has 0 amide bonds. The largest absolute Gasteiger partial charge is 0.378 e. The third-order valence-corrected chi connectivity index (χ3v) is 4.04. The molecule has 1 heterocycles. The zero-order valence-corrected chi connectivity index (χ0v) is 15.5. The fraction of sp³-hybridized carbons (Fsp3) is 0.211. The van der Waals surface area contributed by atoms with Crippen molar-refractivity contribution in [2.75, 3.05) is 36.2 Å². The van der Waals surface area contributed by atoms with Crippen LogP contribution in [0.4, 0.5) is 23.1 Å². The molecule has 0 atom stereocenters. The molecule has 1 aromatic heterocycles. The summed E-state index contributed by atoms with van der Waals surface area (Å²) in [7, 11) is 4.02. The molecule has 0 aliphatic carbocycles. The van der Waals surface area contributed by atoms with Crippen LogP contribution in [0.25, 0.3) is 0 Å². The van der Waals surface area contributed by atoms with Crippen molar-refractivity contribution in [3.8, 4) is 0 Å². The molecule has 0 unspecified atom stereocenters. The molecule has 134 valence electrons. The molecule has 6 nitrogen and oxygen atoms in total. The first kappa shape index (κ1) is 17.9. The van der Waals surface area contributed by atoms with Gasteiger partial charge in [-0.1, -0.05) is 23.7 Å². The zero-order chi connectivity index (χ0) is 18.4. The second-order valence-electron chi connectivity index (χ2n) is 6.04. The minimum absolute atomic E-state index is 0.454. The van der Waals surface area contributed by atoms with Crippen molar-refractivity contribution >= 4 is 34.7 Å². The SMILES string of the molecule is CN(C)c1ccc(Nc2nncc(NCCc3cccc(Cl)c3)n2)cc1. The van der Waals surface area contributed by atoms with E-state index in [0.717, 1.165) is 29.4 Å². The van der Waals surface area contributed by atoms with E-state index in [4.69, 9.17) is 11.6 Å². The van der Waals surface area contributed by atoms with Crippen LogP contribution in [0.5, 0.6) is 0 Å². The molecule has 0 bridgehead atoms. The Balaban J connectivity index is 1.57. The number of hydrogen-bond donors (Lipinski definition) is 2. The predicted molar refractivity (Wildman–Crippen MR) is 108 cm³/mol. The number of hydrogen-bond acceptors (Lipinski definition) is 6. The van der Waals surface area contributed by atoms with Crippen LogP contribution in [0.15, 0.2) is 54.7 Å². The van der Waals surface area contributed by atoms with E-state index in [0.29, 0.717) is 11.8 Å². The molecule has 3 aromatic rings. The quantitative estimate of drug-likeness (QED) is 0.657. The van der Waals surface area contributed by atoms with Gasteiger partial charge in [-0.3, -0.25) is 0 Å². The Kier molecular flexibility index (Phi) is 5.86. The Labute approximate surface area is 158 Å². The molecule has 0 spiro atoms. The van der Waals surface area contributed by atoms with E-state index in [1.54, 1.807) is 6.20 Å². The van der Waals surface area contributed by atoms with Crippen molar-refractivity contribution < 1.29 is 0 Å². The normalized spacial score (nSPS) is 10.4. The minimum atomic E-state index is 0.454. The highest BCUT2D eigenvalue weighted by Crippen LogP contribution is 2.18. The number of rotatable bonds is 7. The molecule has 0 saturated carbocycles. The zero-order valence-electron chi connectivity index (χ0n) is 14.8. The molecule has 0 fully saturated rings. The summed E-state index contributed by atoms with van der Waals surface area (Å²) in [6.45, 7) is 0.732. The number of aromatic nitrogens is 3. The van der Waals surface area contributed by atoms with E-state index in [2.05, 4.69) is 31.9 Å². The highest BCUT2D eigenvalue weighted by molar-refractivity contribution is 6.30. The van der Waals surface area contributed by atoms with Gasteiger partial charge in [0.2, 0.25) is 5.95 Å². The molecule has 0 saturated heterocycles. The van der Waals surface area contributed by atoms with Crippen molar-refractivity contribution in [3.05, 3.63) is 65.3 Å². The van der Waals surface area contributed by atoms with E-state index in [1.165, 1.54) is 5.56 Å². The van der Waals surface area contributed by atoms with Crippen LogP contribution in [-0.4, -0.2) is 35.8 Å². The van der Waals surface area contributed by atoms with Crippen LogP contribution < -0.4 is 15.5 Å². The summed E-state index contributed by atoms with van der Waals surface area (Å²) in [5.74, 6) is 1.13. The number of nitrogens with one attached hydrogen (secondary N) is 2. The predicted octanol–water partition coefficient (Wildman–Crippen LogP) is 3.99. The lowest BCUT2D eigenvalue weighted by Crippen LogP contribution is -2.09. The van der Waals surface area contributed by atoms with Gasteiger partial charge in [0.1, 0.15) is 0 Å². The van der Waals surface area contributed by atoms with Gasteiger partial charge in [0.25, 0.3) is 0 Å². The maximum atomic E-state index is 6.00. The van der Waals surface area contributed by atoms with Crippen molar-refractivity contribution in [3.63, 3.8) is 0 Å². The lowest BCUT2D eigenvalue weighted by molar-refractivity contribution is 0.950. The van der Waals surface area contributed by atoms with E-state index in [-0.39, 0.29) is 0 Å². The standard InChI is InChI=1S/C19H21ClN6/c1-26(2)17-8-6-16(7-9-17)23-19-24-18(13-22-25-19)21-11-10-14-4-3-5-15(20)12-14/h3-9,12-13H,10-11H2,1-2H3,(H2,21,23,24,25). The Morgan fingerprint density at radius 3 is 2.62 bits per heavy atom. The first-order chi connectivity index (χ1) is 12.6. The average Bonchev–Trinajstić information content (AvgIpc) is 2.63. The van der Waals surface area contributed by atoms with Gasteiger partial charge in [0.05, 0.1) is 6.20 Å². The summed E-state index contributed by atoms with van der Waals surface area (Å²) in [5, 5.41) is 15.2. The molecule has 0 aliphatic rings. The molecule has 3 rings (SSSR count). The van der Waals surface area contributed by atoms with Gasteiger partial charge in [-0.05, 0) is 48.4 Å². The Bertz CT molecular complexity index is 851. The fourth-order valence-electron chi connectivity index (χ4n) is 2.44. The second-order valence-corrected chi connectivity index (χ2v) is 6.47. The molecule has 0 aliphatic heterocycles. The molecule has 7 heteroatoms. The molecule has 0 radical (unpaired) electrons. The van der Waals surface area contributed by atoms with Crippen LogP contribution in [0, 0.1) is 0 Å². The minimum Gasteiger partial charge on any atom is -0.378 e. The average molecular weight is 369 g/mol. The van der Waals surface area contributed by atoms with Crippen LogP contribution >= 0.6 is 11.6 Å². The van der Waals surface area contributed by atoms with E-state index in [1.807, 2.05) is 61.5 Å². The molecular formula is C19H21ClN6. The van der Waals surface area contributed by atoms with Gasteiger partial charge in [-0.25, -0.2) is 0 Å². The Morgan fingerprint density at radius 2 is 1.88 bits per heavy atom.